The highest BCUT2D eigenvalue weighted by molar-refractivity contribution is 5.76. The standard InChI is InChI=1S/C15H20FN3O/c1-15(2,3)19-14(20)6-7-18-10-12-8-13(16)5-4-11(12)9-17/h4-5,8,18H,6-7,10H2,1-3H3,(H,19,20). The molecule has 1 aromatic rings. The Morgan fingerprint density at radius 3 is 2.70 bits per heavy atom. The van der Waals surface area contributed by atoms with Crippen LogP contribution >= 0.6 is 0 Å². The van der Waals surface area contributed by atoms with Crippen LogP contribution in [0.2, 0.25) is 0 Å². The highest BCUT2D eigenvalue weighted by atomic mass is 19.1. The monoisotopic (exact) mass is 277 g/mol. The van der Waals surface area contributed by atoms with Crippen molar-refractivity contribution in [1.29, 1.82) is 5.26 Å². The molecule has 2 N–H and O–H groups in total. The van der Waals surface area contributed by atoms with Crippen molar-refractivity contribution in [1.82, 2.24) is 10.6 Å². The van der Waals surface area contributed by atoms with Crippen molar-refractivity contribution in [2.75, 3.05) is 6.54 Å². The SMILES string of the molecule is CC(C)(C)NC(=O)CCNCc1cc(F)ccc1C#N. The van der Waals surface area contributed by atoms with Crippen LogP contribution in [-0.2, 0) is 11.3 Å². The van der Waals surface area contributed by atoms with Gasteiger partial charge in [0.15, 0.2) is 0 Å². The number of benzene rings is 1. The Morgan fingerprint density at radius 1 is 1.40 bits per heavy atom. The summed E-state index contributed by atoms with van der Waals surface area (Å²) in [5, 5.41) is 14.8. The molecule has 5 heteroatoms. The molecule has 0 heterocycles. The summed E-state index contributed by atoms with van der Waals surface area (Å²) >= 11 is 0. The molecule has 1 aromatic carbocycles. The van der Waals surface area contributed by atoms with Crippen LogP contribution in [0.3, 0.4) is 0 Å². The Bertz CT molecular complexity index is 515. The lowest BCUT2D eigenvalue weighted by molar-refractivity contribution is -0.122. The van der Waals surface area contributed by atoms with Crippen LogP contribution in [0, 0.1) is 17.1 Å². The molecule has 0 aliphatic rings. The summed E-state index contributed by atoms with van der Waals surface area (Å²) in [7, 11) is 0. The zero-order chi connectivity index (χ0) is 15.2. The summed E-state index contributed by atoms with van der Waals surface area (Å²) in [6, 6.07) is 6.07. The van der Waals surface area contributed by atoms with Gasteiger partial charge in [0.1, 0.15) is 5.82 Å². The van der Waals surface area contributed by atoms with E-state index in [0.29, 0.717) is 30.6 Å². The summed E-state index contributed by atoms with van der Waals surface area (Å²) in [5.41, 5.74) is 0.801. The van der Waals surface area contributed by atoms with E-state index in [2.05, 4.69) is 10.6 Å². The van der Waals surface area contributed by atoms with E-state index in [1.54, 1.807) is 0 Å². The molecule has 0 spiro atoms. The molecule has 1 amide bonds. The largest absolute Gasteiger partial charge is 0.351 e. The van der Waals surface area contributed by atoms with Crippen LogP contribution in [0.25, 0.3) is 0 Å². The van der Waals surface area contributed by atoms with E-state index in [1.807, 2.05) is 26.8 Å². The van der Waals surface area contributed by atoms with Crippen LogP contribution in [0.4, 0.5) is 4.39 Å². The van der Waals surface area contributed by atoms with Crippen LogP contribution in [0.15, 0.2) is 18.2 Å². The Morgan fingerprint density at radius 2 is 2.10 bits per heavy atom. The van der Waals surface area contributed by atoms with Gasteiger partial charge in [-0.1, -0.05) is 0 Å². The van der Waals surface area contributed by atoms with Crippen molar-refractivity contribution in [3.05, 3.63) is 35.1 Å². The van der Waals surface area contributed by atoms with Gasteiger partial charge in [0, 0.05) is 25.0 Å². The van der Waals surface area contributed by atoms with Gasteiger partial charge >= 0.3 is 0 Å². The van der Waals surface area contributed by atoms with Gasteiger partial charge in [-0.15, -0.1) is 0 Å². The molecule has 0 saturated carbocycles. The molecule has 0 aliphatic carbocycles. The first kappa shape index (κ1) is 16.1. The number of amides is 1. The van der Waals surface area contributed by atoms with Gasteiger partial charge in [0.05, 0.1) is 11.6 Å². The molecular weight excluding hydrogens is 257 g/mol. The Hall–Kier alpha value is -1.93. The highest BCUT2D eigenvalue weighted by Gasteiger charge is 2.13. The first-order valence-corrected chi connectivity index (χ1v) is 6.52. The number of carbonyl (C=O) groups excluding carboxylic acids is 1. The summed E-state index contributed by atoms with van der Waals surface area (Å²) in [5.74, 6) is -0.406. The predicted octanol–water partition coefficient (Wildman–Crippen LogP) is 2.09. The van der Waals surface area contributed by atoms with Crippen LogP contribution in [0.5, 0.6) is 0 Å². The summed E-state index contributed by atoms with van der Waals surface area (Å²) < 4.78 is 13.1. The summed E-state index contributed by atoms with van der Waals surface area (Å²) in [6.07, 6.45) is 0.342. The van der Waals surface area contributed by atoms with Gasteiger partial charge in [-0.05, 0) is 44.5 Å². The molecule has 0 unspecified atom stereocenters. The van der Waals surface area contributed by atoms with Gasteiger partial charge in [-0.2, -0.15) is 5.26 Å². The molecule has 0 aromatic heterocycles. The highest BCUT2D eigenvalue weighted by Crippen LogP contribution is 2.10. The second-order valence-electron chi connectivity index (χ2n) is 5.64. The fraction of sp³-hybridized carbons (Fsp3) is 0.467. The first-order valence-electron chi connectivity index (χ1n) is 6.52. The normalized spacial score (nSPS) is 10.9. The van der Waals surface area contributed by atoms with E-state index in [1.165, 1.54) is 18.2 Å². The number of hydrogen-bond acceptors (Lipinski definition) is 3. The van der Waals surface area contributed by atoms with Crippen molar-refractivity contribution >= 4 is 5.91 Å². The maximum Gasteiger partial charge on any atom is 0.221 e. The maximum absolute atomic E-state index is 13.1. The summed E-state index contributed by atoms with van der Waals surface area (Å²) in [4.78, 5) is 11.6. The minimum atomic E-state index is -0.369. The summed E-state index contributed by atoms with van der Waals surface area (Å²) in [6.45, 7) is 6.60. The molecule has 108 valence electrons. The Balaban J connectivity index is 2.40. The van der Waals surface area contributed by atoms with Crippen molar-refractivity contribution in [3.8, 4) is 6.07 Å². The van der Waals surface area contributed by atoms with Gasteiger partial charge in [-0.3, -0.25) is 4.79 Å². The van der Waals surface area contributed by atoms with E-state index in [4.69, 9.17) is 5.26 Å². The molecular formula is C15H20FN3O. The zero-order valence-corrected chi connectivity index (χ0v) is 12.1. The van der Waals surface area contributed by atoms with Crippen LogP contribution in [-0.4, -0.2) is 18.0 Å². The number of nitrogens with one attached hydrogen (secondary N) is 2. The molecule has 0 fully saturated rings. The average Bonchev–Trinajstić information content (AvgIpc) is 2.33. The minimum Gasteiger partial charge on any atom is -0.351 e. The Labute approximate surface area is 119 Å². The lowest BCUT2D eigenvalue weighted by atomic mass is 10.1. The second-order valence-corrected chi connectivity index (χ2v) is 5.64. The van der Waals surface area contributed by atoms with Crippen molar-refractivity contribution < 1.29 is 9.18 Å². The van der Waals surface area contributed by atoms with Gasteiger partial charge in [-0.25, -0.2) is 4.39 Å². The smallest absolute Gasteiger partial charge is 0.221 e. The van der Waals surface area contributed by atoms with Gasteiger partial charge < -0.3 is 10.6 Å². The second kappa shape index (κ2) is 7.01. The lowest BCUT2D eigenvalue weighted by Crippen LogP contribution is -2.41. The fourth-order valence-electron chi connectivity index (χ4n) is 1.72. The predicted molar refractivity (Wildman–Crippen MR) is 75.3 cm³/mol. The number of nitriles is 1. The van der Waals surface area contributed by atoms with E-state index < -0.39 is 0 Å². The number of nitrogens with zero attached hydrogens (tertiary/aromatic N) is 1. The number of carbonyl (C=O) groups is 1. The maximum atomic E-state index is 13.1. The molecule has 0 saturated heterocycles. The lowest BCUT2D eigenvalue weighted by Gasteiger charge is -2.20. The quantitative estimate of drug-likeness (QED) is 0.810. The van der Waals surface area contributed by atoms with Gasteiger partial charge in [0.25, 0.3) is 0 Å². The zero-order valence-electron chi connectivity index (χ0n) is 12.1. The molecule has 4 nitrogen and oxygen atoms in total. The number of hydrogen-bond donors (Lipinski definition) is 2. The molecule has 20 heavy (non-hydrogen) atoms. The van der Waals surface area contributed by atoms with Crippen LogP contribution in [0.1, 0.15) is 38.3 Å². The molecule has 1 rings (SSSR count). The minimum absolute atomic E-state index is 0.0373. The fourth-order valence-corrected chi connectivity index (χ4v) is 1.72. The molecule has 0 radical (unpaired) electrons. The van der Waals surface area contributed by atoms with Crippen molar-refractivity contribution in [3.63, 3.8) is 0 Å². The van der Waals surface area contributed by atoms with E-state index >= 15 is 0 Å². The molecule has 0 atom stereocenters. The molecule has 0 aliphatic heterocycles. The van der Waals surface area contributed by atoms with Gasteiger partial charge in [0.2, 0.25) is 5.91 Å². The van der Waals surface area contributed by atoms with Crippen molar-refractivity contribution in [2.24, 2.45) is 0 Å². The third kappa shape index (κ3) is 5.81. The topological polar surface area (TPSA) is 64.9 Å². The molecule has 0 bridgehead atoms. The average molecular weight is 277 g/mol. The van der Waals surface area contributed by atoms with Crippen LogP contribution < -0.4 is 10.6 Å². The third-order valence-corrected chi connectivity index (χ3v) is 2.55. The van der Waals surface area contributed by atoms with E-state index in [-0.39, 0.29) is 17.3 Å². The van der Waals surface area contributed by atoms with E-state index in [9.17, 15) is 9.18 Å². The Kier molecular flexibility index (Phi) is 5.66. The van der Waals surface area contributed by atoms with E-state index in [0.717, 1.165) is 0 Å². The number of rotatable bonds is 5. The number of halogens is 1. The third-order valence-electron chi connectivity index (χ3n) is 2.55. The first-order chi connectivity index (χ1) is 9.31. The van der Waals surface area contributed by atoms with Crippen molar-refractivity contribution in [2.45, 2.75) is 39.3 Å².